The summed E-state index contributed by atoms with van der Waals surface area (Å²) in [5.74, 6) is -0.887. The number of ether oxygens (including phenoxy) is 3. The van der Waals surface area contributed by atoms with Crippen LogP contribution in [-0.2, 0) is 28.6 Å². The number of carbonyl (C=O) groups is 3. The first kappa shape index (κ1) is 79.6. The molecule has 0 rings (SSSR count). The molecule has 0 fully saturated rings. The Labute approximate surface area is 515 Å². The summed E-state index contributed by atoms with van der Waals surface area (Å²) in [4.78, 5) is 38.5. The lowest BCUT2D eigenvalue weighted by Crippen LogP contribution is -2.30. The minimum Gasteiger partial charge on any atom is -0.462 e. The molecule has 0 bridgehead atoms. The zero-order chi connectivity index (χ0) is 59.9. The summed E-state index contributed by atoms with van der Waals surface area (Å²) in [6.45, 7) is 6.55. The molecule has 0 spiro atoms. The average molecular weight is 1160 g/mol. The predicted molar refractivity (Wildman–Crippen MR) is 362 cm³/mol. The maximum absolute atomic E-state index is 13.0. The molecular weight excluding hydrogens is 1020 g/mol. The van der Waals surface area contributed by atoms with Crippen molar-refractivity contribution in [1.82, 2.24) is 0 Å². The van der Waals surface area contributed by atoms with Crippen LogP contribution in [0.3, 0.4) is 0 Å². The molecule has 0 heterocycles. The van der Waals surface area contributed by atoms with Gasteiger partial charge in [-0.3, -0.25) is 14.4 Å². The van der Waals surface area contributed by atoms with E-state index in [-0.39, 0.29) is 31.1 Å². The van der Waals surface area contributed by atoms with Gasteiger partial charge in [-0.05, 0) is 116 Å². The molecule has 1 unspecified atom stereocenters. The predicted octanol–water partition coefficient (Wildman–Crippen LogP) is 25.0. The second-order valence-electron chi connectivity index (χ2n) is 24.1. The molecule has 0 N–H and O–H groups in total. The first-order valence-corrected chi connectivity index (χ1v) is 36.1. The van der Waals surface area contributed by atoms with Gasteiger partial charge in [0.15, 0.2) is 6.10 Å². The topological polar surface area (TPSA) is 78.9 Å². The van der Waals surface area contributed by atoms with Crippen molar-refractivity contribution < 1.29 is 28.6 Å². The molecule has 1 atom stereocenters. The monoisotopic (exact) mass is 1160 g/mol. The molecule has 6 heteroatoms. The summed E-state index contributed by atoms with van der Waals surface area (Å²) < 4.78 is 17.0. The summed E-state index contributed by atoms with van der Waals surface area (Å²) in [6.07, 6.45) is 94.7. The van der Waals surface area contributed by atoms with Crippen LogP contribution in [0.25, 0.3) is 0 Å². The second-order valence-corrected chi connectivity index (χ2v) is 24.1. The van der Waals surface area contributed by atoms with Gasteiger partial charge < -0.3 is 14.2 Å². The van der Waals surface area contributed by atoms with E-state index in [2.05, 4.69) is 106 Å². The fourth-order valence-electron chi connectivity index (χ4n) is 10.5. The first-order valence-electron chi connectivity index (χ1n) is 36.1. The maximum Gasteiger partial charge on any atom is 0.306 e. The highest BCUT2D eigenvalue weighted by molar-refractivity contribution is 5.71. The van der Waals surface area contributed by atoms with Crippen molar-refractivity contribution in [2.24, 2.45) is 0 Å². The van der Waals surface area contributed by atoms with Crippen LogP contribution in [0.15, 0.2) is 85.1 Å². The van der Waals surface area contributed by atoms with Crippen molar-refractivity contribution in [2.45, 2.75) is 374 Å². The van der Waals surface area contributed by atoms with Crippen molar-refractivity contribution in [3.63, 3.8) is 0 Å². The number of hydrogen-bond acceptors (Lipinski definition) is 6. The molecule has 0 saturated heterocycles. The van der Waals surface area contributed by atoms with Gasteiger partial charge in [0.1, 0.15) is 13.2 Å². The number of rotatable bonds is 66. The zero-order valence-electron chi connectivity index (χ0n) is 55.2. The lowest BCUT2D eigenvalue weighted by Gasteiger charge is -2.18. The molecule has 0 radical (unpaired) electrons. The van der Waals surface area contributed by atoms with Gasteiger partial charge in [-0.25, -0.2) is 0 Å². The fourth-order valence-corrected chi connectivity index (χ4v) is 10.5. The summed E-state index contributed by atoms with van der Waals surface area (Å²) in [7, 11) is 0. The first-order chi connectivity index (χ1) is 41.0. The molecule has 0 aromatic rings. The lowest BCUT2D eigenvalue weighted by molar-refractivity contribution is -0.167. The zero-order valence-corrected chi connectivity index (χ0v) is 55.2. The maximum atomic E-state index is 13.0. The third-order valence-electron chi connectivity index (χ3n) is 15.9. The molecular formula is C77H136O6. The van der Waals surface area contributed by atoms with Crippen LogP contribution in [0.4, 0.5) is 0 Å². The summed E-state index contributed by atoms with van der Waals surface area (Å²) >= 11 is 0. The van der Waals surface area contributed by atoms with Gasteiger partial charge in [-0.15, -0.1) is 0 Å². The van der Waals surface area contributed by atoms with Gasteiger partial charge >= 0.3 is 17.9 Å². The Balaban J connectivity index is 4.33. The van der Waals surface area contributed by atoms with E-state index in [0.29, 0.717) is 19.3 Å². The van der Waals surface area contributed by atoms with Crippen molar-refractivity contribution in [1.29, 1.82) is 0 Å². The van der Waals surface area contributed by atoms with Crippen LogP contribution >= 0.6 is 0 Å². The highest BCUT2D eigenvalue weighted by Gasteiger charge is 2.19. The molecule has 83 heavy (non-hydrogen) atoms. The van der Waals surface area contributed by atoms with Crippen molar-refractivity contribution in [3.8, 4) is 0 Å². The quantitative estimate of drug-likeness (QED) is 0.0261. The van der Waals surface area contributed by atoms with E-state index in [1.54, 1.807) is 0 Å². The number of carbonyl (C=O) groups excluding carboxylic acids is 3. The van der Waals surface area contributed by atoms with Crippen molar-refractivity contribution in [2.75, 3.05) is 13.2 Å². The molecule has 0 aromatic carbocycles. The van der Waals surface area contributed by atoms with Gasteiger partial charge in [0.05, 0.1) is 0 Å². The van der Waals surface area contributed by atoms with E-state index < -0.39 is 6.10 Å². The highest BCUT2D eigenvalue weighted by Crippen LogP contribution is 2.17. The molecule has 0 amide bonds. The third-order valence-corrected chi connectivity index (χ3v) is 15.9. The third kappa shape index (κ3) is 69.3. The van der Waals surface area contributed by atoms with Gasteiger partial charge in [-0.2, -0.15) is 0 Å². The minimum absolute atomic E-state index is 0.0830. The largest absolute Gasteiger partial charge is 0.462 e. The van der Waals surface area contributed by atoms with Crippen LogP contribution in [-0.4, -0.2) is 37.2 Å². The van der Waals surface area contributed by atoms with E-state index in [0.717, 1.165) is 109 Å². The Kier molecular flexibility index (Phi) is 68.2. The van der Waals surface area contributed by atoms with Crippen LogP contribution < -0.4 is 0 Å². The molecule has 0 saturated carbocycles. The van der Waals surface area contributed by atoms with Gasteiger partial charge in [0.25, 0.3) is 0 Å². The summed E-state index contributed by atoms with van der Waals surface area (Å²) in [6, 6.07) is 0. The summed E-state index contributed by atoms with van der Waals surface area (Å²) in [5, 5.41) is 0. The number of allylic oxidation sites excluding steroid dienone is 14. The van der Waals surface area contributed by atoms with E-state index in [4.69, 9.17) is 14.2 Å². The normalized spacial score (nSPS) is 12.6. The van der Waals surface area contributed by atoms with E-state index in [1.807, 2.05) is 0 Å². The Bertz CT molecular complexity index is 1570. The fraction of sp³-hybridized carbons (Fsp3) is 0.779. The smallest absolute Gasteiger partial charge is 0.306 e. The van der Waals surface area contributed by atoms with Crippen LogP contribution in [0, 0.1) is 0 Å². The number of esters is 3. The summed E-state index contributed by atoms with van der Waals surface area (Å²) in [5.41, 5.74) is 0. The van der Waals surface area contributed by atoms with E-state index >= 15 is 0 Å². The Morgan fingerprint density at radius 2 is 0.470 bits per heavy atom. The Hall–Kier alpha value is -3.41. The average Bonchev–Trinajstić information content (AvgIpc) is 3.50. The Morgan fingerprint density at radius 3 is 0.747 bits per heavy atom. The standard InChI is InChI=1S/C77H136O6/c1-4-7-10-13-16-19-22-25-28-31-33-35-36-37-38-39-40-42-43-46-49-52-55-58-61-64-67-70-76(79)82-73-74(72-81-75(78)69-66-63-60-57-54-51-48-45-30-27-24-21-18-15-12-9-6-3)83-77(80)71-68-65-62-59-56-53-50-47-44-41-34-32-29-26-23-20-17-14-11-8-5-2/h9,12,18,21,23,26-27,30-34,44,47,74H,4-8,10-11,13-17,19-20,22,24-25,28-29,35-43,45-46,48-73H2,1-3H3/b12-9-,21-18-,26-23-,30-27-,33-31-,34-32-,47-44-. The second kappa shape index (κ2) is 71.1. The number of hydrogen-bond donors (Lipinski definition) is 0. The lowest BCUT2D eigenvalue weighted by atomic mass is 10.0. The molecule has 0 aromatic heterocycles. The SMILES string of the molecule is CC/C=C\C/C=C\C/C=C\CCCCCCCCCC(=O)OCC(COC(=O)CCCCCCCCCCCCCCCCC/C=C\CCCCCCCCCC)OC(=O)CCCCCCCC/C=C\C/C=C\C/C=C\CCCCCCC. The molecule has 0 aliphatic carbocycles. The van der Waals surface area contributed by atoms with Crippen molar-refractivity contribution in [3.05, 3.63) is 85.1 Å². The minimum atomic E-state index is -0.790. The van der Waals surface area contributed by atoms with E-state index in [9.17, 15) is 14.4 Å². The van der Waals surface area contributed by atoms with Crippen LogP contribution in [0.5, 0.6) is 0 Å². The van der Waals surface area contributed by atoms with Gasteiger partial charge in [0.2, 0.25) is 0 Å². The molecule has 480 valence electrons. The molecule has 6 nitrogen and oxygen atoms in total. The molecule has 0 aliphatic heterocycles. The Morgan fingerprint density at radius 1 is 0.253 bits per heavy atom. The van der Waals surface area contributed by atoms with E-state index in [1.165, 1.54) is 218 Å². The number of unbranched alkanes of at least 4 members (excludes halogenated alkanes) is 41. The van der Waals surface area contributed by atoms with Crippen LogP contribution in [0.1, 0.15) is 367 Å². The molecule has 0 aliphatic rings. The van der Waals surface area contributed by atoms with Gasteiger partial charge in [0, 0.05) is 19.3 Å². The van der Waals surface area contributed by atoms with Gasteiger partial charge in [-0.1, -0.05) is 318 Å². The van der Waals surface area contributed by atoms with Crippen molar-refractivity contribution >= 4 is 17.9 Å². The highest BCUT2D eigenvalue weighted by atomic mass is 16.6. The van der Waals surface area contributed by atoms with Crippen LogP contribution in [0.2, 0.25) is 0 Å².